The van der Waals surface area contributed by atoms with E-state index in [1.54, 1.807) is 0 Å². The van der Waals surface area contributed by atoms with Crippen molar-refractivity contribution in [3.8, 4) is 0 Å². The molecule has 28 heavy (non-hydrogen) atoms. The van der Waals surface area contributed by atoms with E-state index in [1.807, 2.05) is 0 Å². The van der Waals surface area contributed by atoms with Gasteiger partial charge in [0.15, 0.2) is 0 Å². The molecule has 5 heteroatoms. The molecule has 0 aromatic carbocycles. The SMILES string of the molecule is CC[C@@H](C)CC[C@H]1[C@@H](C)[C@@H](OC(=O)NOC(C)=O)C[C@H]2C(C)(C)CCC[C@]12C. The van der Waals surface area contributed by atoms with Gasteiger partial charge in [-0.1, -0.05) is 60.8 Å². The normalized spacial score (nSPS) is 35.4. The van der Waals surface area contributed by atoms with Crippen LogP contribution in [0.15, 0.2) is 0 Å². The monoisotopic (exact) mass is 395 g/mol. The largest absolute Gasteiger partial charge is 0.444 e. The average Bonchev–Trinajstić information content (AvgIpc) is 2.60. The van der Waals surface area contributed by atoms with Gasteiger partial charge in [-0.15, -0.1) is 5.48 Å². The Morgan fingerprint density at radius 2 is 1.89 bits per heavy atom. The molecule has 2 rings (SSSR count). The third kappa shape index (κ3) is 5.01. The molecule has 2 aliphatic rings. The third-order valence-electron chi connectivity index (χ3n) is 8.02. The second-order valence-electron chi connectivity index (χ2n) is 10.3. The number of carbonyl (C=O) groups excluding carboxylic acids is 2. The number of hydrogen-bond donors (Lipinski definition) is 1. The van der Waals surface area contributed by atoms with Crippen LogP contribution in [0.3, 0.4) is 0 Å². The van der Waals surface area contributed by atoms with Crippen molar-refractivity contribution in [1.82, 2.24) is 5.48 Å². The second kappa shape index (κ2) is 9.04. The lowest BCUT2D eigenvalue weighted by Crippen LogP contribution is -2.56. The molecule has 5 nitrogen and oxygen atoms in total. The summed E-state index contributed by atoms with van der Waals surface area (Å²) in [5.74, 6) is 1.52. The van der Waals surface area contributed by atoms with Gasteiger partial charge in [-0.05, 0) is 60.2 Å². The van der Waals surface area contributed by atoms with Gasteiger partial charge in [0.2, 0.25) is 0 Å². The minimum atomic E-state index is -0.662. The van der Waals surface area contributed by atoms with Crippen LogP contribution < -0.4 is 5.48 Å². The van der Waals surface area contributed by atoms with Crippen molar-refractivity contribution < 1.29 is 19.2 Å². The van der Waals surface area contributed by atoms with Crippen LogP contribution in [0, 0.1) is 34.5 Å². The molecule has 0 heterocycles. The molecule has 0 saturated heterocycles. The fourth-order valence-electron chi connectivity index (χ4n) is 6.20. The second-order valence-corrected chi connectivity index (χ2v) is 10.3. The molecule has 0 aliphatic heterocycles. The number of carbonyl (C=O) groups is 2. The van der Waals surface area contributed by atoms with E-state index < -0.39 is 12.1 Å². The van der Waals surface area contributed by atoms with E-state index in [0.717, 1.165) is 12.3 Å². The number of ether oxygens (including phenoxy) is 1. The summed E-state index contributed by atoms with van der Waals surface area (Å²) in [7, 11) is 0. The Morgan fingerprint density at radius 3 is 2.50 bits per heavy atom. The van der Waals surface area contributed by atoms with Crippen molar-refractivity contribution in [2.24, 2.45) is 34.5 Å². The summed E-state index contributed by atoms with van der Waals surface area (Å²) in [4.78, 5) is 27.7. The Hall–Kier alpha value is -1.26. The molecule has 2 aliphatic carbocycles. The lowest BCUT2D eigenvalue weighted by Gasteiger charge is -2.60. The van der Waals surface area contributed by atoms with Gasteiger partial charge in [0.05, 0.1) is 0 Å². The maximum atomic E-state index is 12.2. The highest BCUT2D eigenvalue weighted by molar-refractivity contribution is 5.71. The summed E-state index contributed by atoms with van der Waals surface area (Å²) in [5.41, 5.74) is 2.65. The van der Waals surface area contributed by atoms with Gasteiger partial charge in [-0.3, -0.25) is 4.79 Å². The Balaban J connectivity index is 2.21. The smallest absolute Gasteiger partial charge is 0.440 e. The van der Waals surface area contributed by atoms with Crippen LogP contribution in [0.25, 0.3) is 0 Å². The maximum absolute atomic E-state index is 12.2. The zero-order valence-corrected chi connectivity index (χ0v) is 19.0. The Morgan fingerprint density at radius 1 is 1.21 bits per heavy atom. The summed E-state index contributed by atoms with van der Waals surface area (Å²) in [6.07, 6.45) is 7.47. The van der Waals surface area contributed by atoms with E-state index in [9.17, 15) is 9.59 Å². The molecule has 0 unspecified atom stereocenters. The van der Waals surface area contributed by atoms with Crippen molar-refractivity contribution in [3.63, 3.8) is 0 Å². The summed E-state index contributed by atoms with van der Waals surface area (Å²) < 4.78 is 5.78. The van der Waals surface area contributed by atoms with E-state index in [-0.39, 0.29) is 11.5 Å². The van der Waals surface area contributed by atoms with Crippen molar-refractivity contribution in [1.29, 1.82) is 0 Å². The summed E-state index contributed by atoms with van der Waals surface area (Å²) >= 11 is 0. The van der Waals surface area contributed by atoms with Crippen molar-refractivity contribution in [2.45, 2.75) is 99.5 Å². The summed E-state index contributed by atoms with van der Waals surface area (Å²) in [5, 5.41) is 0. The number of hydroxylamine groups is 1. The van der Waals surface area contributed by atoms with E-state index in [1.165, 1.54) is 45.4 Å². The van der Waals surface area contributed by atoms with Crippen molar-refractivity contribution >= 4 is 12.1 Å². The van der Waals surface area contributed by atoms with Gasteiger partial charge in [-0.25, -0.2) is 4.79 Å². The number of nitrogens with one attached hydrogen (secondary N) is 1. The molecule has 0 aromatic rings. The van der Waals surface area contributed by atoms with Crippen LogP contribution >= 0.6 is 0 Å². The Bertz CT molecular complexity index is 561. The van der Waals surface area contributed by atoms with Gasteiger partial charge in [-0.2, -0.15) is 0 Å². The molecule has 0 bridgehead atoms. The lowest BCUT2D eigenvalue weighted by molar-refractivity contribution is -0.154. The van der Waals surface area contributed by atoms with Crippen LogP contribution in [-0.4, -0.2) is 18.2 Å². The first-order valence-corrected chi connectivity index (χ1v) is 11.1. The number of rotatable bonds is 5. The molecule has 0 radical (unpaired) electrons. The Kier molecular flexibility index (Phi) is 7.44. The molecule has 6 atom stereocenters. The average molecular weight is 396 g/mol. The Labute approximate surface area is 171 Å². The van der Waals surface area contributed by atoms with E-state index in [4.69, 9.17) is 4.74 Å². The highest BCUT2D eigenvalue weighted by Gasteiger charge is 2.56. The van der Waals surface area contributed by atoms with Crippen LogP contribution in [0.5, 0.6) is 0 Å². The van der Waals surface area contributed by atoms with E-state index in [2.05, 4.69) is 51.9 Å². The molecule has 0 aromatic heterocycles. The first kappa shape index (κ1) is 23.0. The standard InChI is InChI=1S/C23H41NO4/c1-8-15(2)10-11-18-16(3)19(27-21(26)24-28-17(4)25)14-20-22(5,6)12-9-13-23(18,20)7/h15-16,18-20H,8-14H2,1-7H3,(H,24,26)/t15-,16-,18+,19+,20+,23-/m1/s1. The highest BCUT2D eigenvalue weighted by atomic mass is 16.7. The van der Waals surface area contributed by atoms with Gasteiger partial charge >= 0.3 is 12.1 Å². The van der Waals surface area contributed by atoms with Gasteiger partial charge < -0.3 is 9.57 Å². The molecule has 1 amide bonds. The first-order chi connectivity index (χ1) is 13.0. The fraction of sp³-hybridized carbons (Fsp3) is 0.913. The summed E-state index contributed by atoms with van der Waals surface area (Å²) in [6, 6.07) is 0. The quantitative estimate of drug-likeness (QED) is 0.591. The van der Waals surface area contributed by atoms with E-state index >= 15 is 0 Å². The maximum Gasteiger partial charge on any atom is 0.440 e. The van der Waals surface area contributed by atoms with Crippen LogP contribution in [-0.2, 0) is 14.4 Å². The van der Waals surface area contributed by atoms with Crippen molar-refractivity contribution in [2.75, 3.05) is 0 Å². The molecule has 2 saturated carbocycles. The molecule has 2 fully saturated rings. The van der Waals surface area contributed by atoms with Crippen LogP contribution in [0.4, 0.5) is 4.79 Å². The third-order valence-corrected chi connectivity index (χ3v) is 8.02. The predicted molar refractivity (Wildman–Crippen MR) is 110 cm³/mol. The zero-order valence-electron chi connectivity index (χ0n) is 19.0. The highest BCUT2D eigenvalue weighted by Crippen LogP contribution is 2.62. The van der Waals surface area contributed by atoms with Crippen LogP contribution in [0.1, 0.15) is 93.4 Å². The van der Waals surface area contributed by atoms with Crippen molar-refractivity contribution in [3.05, 3.63) is 0 Å². The fourth-order valence-corrected chi connectivity index (χ4v) is 6.20. The van der Waals surface area contributed by atoms with Gasteiger partial charge in [0, 0.05) is 6.92 Å². The molecule has 162 valence electrons. The summed E-state index contributed by atoms with van der Waals surface area (Å²) in [6.45, 7) is 15.3. The predicted octanol–water partition coefficient (Wildman–Crippen LogP) is 5.87. The number of amides is 1. The van der Waals surface area contributed by atoms with Gasteiger partial charge in [0.1, 0.15) is 6.10 Å². The first-order valence-electron chi connectivity index (χ1n) is 11.1. The molecular formula is C23H41NO4. The number of fused-ring (bicyclic) bond motifs is 1. The lowest BCUT2D eigenvalue weighted by atomic mass is 9.45. The van der Waals surface area contributed by atoms with Crippen LogP contribution in [0.2, 0.25) is 0 Å². The number of hydrogen-bond acceptors (Lipinski definition) is 4. The van der Waals surface area contributed by atoms with Gasteiger partial charge in [0.25, 0.3) is 0 Å². The molecular weight excluding hydrogens is 354 g/mol. The minimum absolute atomic E-state index is 0.145. The topological polar surface area (TPSA) is 64.6 Å². The molecule has 0 spiro atoms. The van der Waals surface area contributed by atoms with E-state index in [0.29, 0.717) is 23.2 Å². The zero-order chi connectivity index (χ0) is 21.1. The minimum Gasteiger partial charge on any atom is -0.444 e. The molecule has 1 N–H and O–H groups in total.